The number of fused-ring (bicyclic) bond motifs is 1. The van der Waals surface area contributed by atoms with Crippen molar-refractivity contribution in [2.75, 3.05) is 13.1 Å². The van der Waals surface area contributed by atoms with Crippen molar-refractivity contribution in [3.05, 3.63) is 116 Å². The standard InChI is InChI=1S/C29H25Cl2FN2O4/c1-2-11-33(29(37)20-12-22(30)14-23(31)13-20)17-27(35)34(15-19-7-9-24(32)10-8-19)16-21-18-38-26-6-4-3-5-25(26)28(21)36/h3-10,12-14,18H,2,11,15-17H2,1H3. The molecule has 0 spiro atoms. The lowest BCUT2D eigenvalue weighted by molar-refractivity contribution is -0.133. The van der Waals surface area contributed by atoms with Crippen LogP contribution in [0.1, 0.15) is 34.8 Å². The van der Waals surface area contributed by atoms with Crippen molar-refractivity contribution in [3.63, 3.8) is 0 Å². The van der Waals surface area contributed by atoms with Crippen molar-refractivity contribution in [3.8, 4) is 0 Å². The van der Waals surface area contributed by atoms with E-state index in [1.807, 2.05) is 6.92 Å². The number of hydrogen-bond acceptors (Lipinski definition) is 4. The van der Waals surface area contributed by atoms with E-state index in [4.69, 9.17) is 27.6 Å². The highest BCUT2D eigenvalue weighted by atomic mass is 35.5. The first-order chi connectivity index (χ1) is 18.2. The fourth-order valence-corrected chi connectivity index (χ4v) is 4.65. The van der Waals surface area contributed by atoms with Crippen LogP contribution in [0.5, 0.6) is 0 Å². The number of benzene rings is 3. The van der Waals surface area contributed by atoms with E-state index in [-0.39, 0.29) is 36.2 Å². The molecule has 0 saturated carbocycles. The fraction of sp³-hybridized carbons (Fsp3) is 0.207. The van der Waals surface area contributed by atoms with E-state index in [0.29, 0.717) is 39.5 Å². The first kappa shape index (κ1) is 27.4. The van der Waals surface area contributed by atoms with E-state index in [9.17, 15) is 18.8 Å². The van der Waals surface area contributed by atoms with Gasteiger partial charge in [-0.3, -0.25) is 14.4 Å². The van der Waals surface area contributed by atoms with Crippen LogP contribution in [-0.2, 0) is 17.9 Å². The molecule has 0 unspecified atom stereocenters. The van der Waals surface area contributed by atoms with Gasteiger partial charge < -0.3 is 14.2 Å². The second kappa shape index (κ2) is 12.2. The Morgan fingerprint density at radius 2 is 1.61 bits per heavy atom. The first-order valence-corrected chi connectivity index (χ1v) is 12.8. The molecule has 0 bridgehead atoms. The van der Waals surface area contributed by atoms with Crippen LogP contribution in [0.2, 0.25) is 10.0 Å². The van der Waals surface area contributed by atoms with Crippen LogP contribution >= 0.6 is 23.2 Å². The number of amides is 2. The Morgan fingerprint density at radius 3 is 2.29 bits per heavy atom. The predicted octanol–water partition coefficient (Wildman–Crippen LogP) is 6.32. The van der Waals surface area contributed by atoms with Crippen molar-refractivity contribution in [1.29, 1.82) is 0 Å². The van der Waals surface area contributed by atoms with Gasteiger partial charge >= 0.3 is 0 Å². The summed E-state index contributed by atoms with van der Waals surface area (Å²) in [6.07, 6.45) is 1.96. The molecule has 0 saturated heterocycles. The van der Waals surface area contributed by atoms with Gasteiger partial charge in [-0.1, -0.05) is 54.4 Å². The van der Waals surface area contributed by atoms with Gasteiger partial charge in [-0.25, -0.2) is 4.39 Å². The number of carbonyl (C=O) groups is 2. The highest BCUT2D eigenvalue weighted by Gasteiger charge is 2.24. The Balaban J connectivity index is 1.63. The van der Waals surface area contributed by atoms with E-state index < -0.39 is 17.6 Å². The summed E-state index contributed by atoms with van der Waals surface area (Å²) in [6.45, 7) is 2.02. The second-order valence-corrected chi connectivity index (χ2v) is 9.72. The third-order valence-corrected chi connectivity index (χ3v) is 6.40. The summed E-state index contributed by atoms with van der Waals surface area (Å²) in [5, 5.41) is 1.02. The van der Waals surface area contributed by atoms with Crippen molar-refractivity contribution in [2.24, 2.45) is 0 Å². The minimum absolute atomic E-state index is 0.0550. The van der Waals surface area contributed by atoms with Crippen molar-refractivity contribution in [2.45, 2.75) is 26.4 Å². The lowest BCUT2D eigenvalue weighted by Crippen LogP contribution is -2.43. The zero-order valence-corrected chi connectivity index (χ0v) is 22.1. The molecule has 0 radical (unpaired) electrons. The molecule has 6 nitrogen and oxygen atoms in total. The number of hydrogen-bond donors (Lipinski definition) is 0. The smallest absolute Gasteiger partial charge is 0.254 e. The highest BCUT2D eigenvalue weighted by Crippen LogP contribution is 2.21. The fourth-order valence-electron chi connectivity index (χ4n) is 4.12. The molecule has 38 heavy (non-hydrogen) atoms. The lowest BCUT2D eigenvalue weighted by atomic mass is 10.1. The third-order valence-electron chi connectivity index (χ3n) is 5.97. The monoisotopic (exact) mass is 554 g/mol. The molecule has 0 aliphatic carbocycles. The van der Waals surface area contributed by atoms with Crippen molar-refractivity contribution < 1.29 is 18.4 Å². The van der Waals surface area contributed by atoms with E-state index >= 15 is 0 Å². The van der Waals surface area contributed by atoms with Crippen LogP contribution in [0.15, 0.2) is 82.2 Å². The summed E-state index contributed by atoms with van der Waals surface area (Å²) >= 11 is 12.2. The second-order valence-electron chi connectivity index (χ2n) is 8.85. The maximum absolute atomic E-state index is 13.6. The van der Waals surface area contributed by atoms with Gasteiger partial charge in [0.2, 0.25) is 5.91 Å². The molecule has 1 heterocycles. The molecule has 4 aromatic rings. The van der Waals surface area contributed by atoms with Gasteiger partial charge in [-0.05, 0) is 54.4 Å². The summed E-state index contributed by atoms with van der Waals surface area (Å²) in [7, 11) is 0. The van der Waals surface area contributed by atoms with Gasteiger partial charge in [0.15, 0.2) is 5.43 Å². The van der Waals surface area contributed by atoms with Gasteiger partial charge in [0, 0.05) is 28.7 Å². The Labute approximate surface area is 229 Å². The number of carbonyl (C=O) groups excluding carboxylic acids is 2. The van der Waals surface area contributed by atoms with Gasteiger partial charge in [0.1, 0.15) is 17.9 Å². The molecule has 0 N–H and O–H groups in total. The maximum Gasteiger partial charge on any atom is 0.254 e. The number of rotatable bonds is 9. The minimum atomic E-state index is -0.401. The number of para-hydroxylation sites is 1. The molecule has 3 aromatic carbocycles. The largest absolute Gasteiger partial charge is 0.464 e. The molecule has 1 aromatic heterocycles. The zero-order valence-electron chi connectivity index (χ0n) is 20.6. The summed E-state index contributed by atoms with van der Waals surface area (Å²) in [4.78, 5) is 42.9. The number of halogens is 3. The summed E-state index contributed by atoms with van der Waals surface area (Å²) < 4.78 is 19.1. The Morgan fingerprint density at radius 1 is 0.921 bits per heavy atom. The van der Waals surface area contributed by atoms with Crippen LogP contribution in [-0.4, -0.2) is 34.7 Å². The van der Waals surface area contributed by atoms with Crippen LogP contribution < -0.4 is 5.43 Å². The molecule has 4 rings (SSSR count). The Kier molecular flexibility index (Phi) is 8.81. The number of nitrogens with zero attached hydrogens (tertiary/aromatic N) is 2. The molecule has 0 fully saturated rings. The first-order valence-electron chi connectivity index (χ1n) is 12.0. The molecule has 0 aliphatic heterocycles. The van der Waals surface area contributed by atoms with E-state index in [1.54, 1.807) is 36.4 Å². The van der Waals surface area contributed by atoms with Crippen molar-refractivity contribution >= 4 is 46.0 Å². The van der Waals surface area contributed by atoms with Gasteiger partial charge in [-0.2, -0.15) is 0 Å². The van der Waals surface area contributed by atoms with Crippen LogP contribution in [0.25, 0.3) is 11.0 Å². The van der Waals surface area contributed by atoms with E-state index in [2.05, 4.69) is 0 Å². The van der Waals surface area contributed by atoms with Crippen LogP contribution in [0.4, 0.5) is 4.39 Å². The normalized spacial score (nSPS) is 10.9. The van der Waals surface area contributed by atoms with Gasteiger partial charge in [0.25, 0.3) is 5.91 Å². The summed E-state index contributed by atoms with van der Waals surface area (Å²) in [5.74, 6) is -1.19. The minimum Gasteiger partial charge on any atom is -0.464 e. The topological polar surface area (TPSA) is 70.8 Å². The molecule has 196 valence electrons. The molecule has 0 atom stereocenters. The lowest BCUT2D eigenvalue weighted by Gasteiger charge is -2.28. The Bertz CT molecular complexity index is 1500. The third kappa shape index (κ3) is 6.60. The summed E-state index contributed by atoms with van der Waals surface area (Å²) in [5.41, 5.74) is 1.41. The van der Waals surface area contributed by atoms with E-state index in [1.165, 1.54) is 46.4 Å². The molecular weight excluding hydrogens is 530 g/mol. The Hall–Kier alpha value is -3.68. The van der Waals surface area contributed by atoms with Gasteiger partial charge in [-0.15, -0.1) is 0 Å². The molecule has 2 amide bonds. The predicted molar refractivity (Wildman–Crippen MR) is 146 cm³/mol. The summed E-state index contributed by atoms with van der Waals surface area (Å²) in [6, 6.07) is 17.1. The van der Waals surface area contributed by atoms with Crippen LogP contribution in [0, 0.1) is 5.82 Å². The average Bonchev–Trinajstić information content (AvgIpc) is 2.89. The molecule has 0 aliphatic rings. The molecular formula is C29H25Cl2FN2O4. The molecule has 9 heteroatoms. The zero-order chi connectivity index (χ0) is 27.2. The van der Waals surface area contributed by atoms with Crippen LogP contribution in [0.3, 0.4) is 0 Å². The van der Waals surface area contributed by atoms with Gasteiger partial charge in [0.05, 0.1) is 23.8 Å². The highest BCUT2D eigenvalue weighted by molar-refractivity contribution is 6.35. The average molecular weight is 555 g/mol. The van der Waals surface area contributed by atoms with Crippen molar-refractivity contribution in [1.82, 2.24) is 9.80 Å². The SMILES string of the molecule is CCCN(CC(=O)N(Cc1ccc(F)cc1)Cc1coc2ccccc2c1=O)C(=O)c1cc(Cl)cc(Cl)c1. The quantitative estimate of drug-likeness (QED) is 0.242. The van der Waals surface area contributed by atoms with E-state index in [0.717, 1.165) is 0 Å². The maximum atomic E-state index is 13.6.